The van der Waals surface area contributed by atoms with Crippen LogP contribution in [0.15, 0.2) is 18.5 Å². The highest BCUT2D eigenvalue weighted by molar-refractivity contribution is 5.29. The molecule has 2 heterocycles. The number of hydrogen-bond donors (Lipinski definition) is 1. The summed E-state index contributed by atoms with van der Waals surface area (Å²) in [6.45, 7) is 11.4. The van der Waals surface area contributed by atoms with E-state index < -0.39 is 0 Å². The second kappa shape index (κ2) is 7.58. The van der Waals surface area contributed by atoms with Gasteiger partial charge in [-0.2, -0.15) is 0 Å². The van der Waals surface area contributed by atoms with E-state index in [-0.39, 0.29) is 0 Å². The molecule has 0 bridgehead atoms. The van der Waals surface area contributed by atoms with Crippen molar-refractivity contribution in [1.82, 2.24) is 20.2 Å². The van der Waals surface area contributed by atoms with E-state index >= 15 is 0 Å². The zero-order valence-electron chi connectivity index (χ0n) is 14.7. The number of nitrogens with zero attached hydrogens (tertiary/aromatic N) is 4. The molecular formula is C18H31N5. The summed E-state index contributed by atoms with van der Waals surface area (Å²) in [5, 5.41) is 3.79. The molecular weight excluding hydrogens is 286 g/mol. The van der Waals surface area contributed by atoms with Gasteiger partial charge in [-0.25, -0.2) is 9.97 Å². The molecule has 0 aromatic carbocycles. The second-order valence-electron chi connectivity index (χ2n) is 7.79. The molecule has 23 heavy (non-hydrogen) atoms. The summed E-state index contributed by atoms with van der Waals surface area (Å²) in [6, 6.07) is 2.59. The fraction of sp³-hybridized carbons (Fsp3) is 0.778. The Bertz CT molecular complexity index is 468. The lowest BCUT2D eigenvalue weighted by atomic mass is 9.75. The summed E-state index contributed by atoms with van der Waals surface area (Å²) < 4.78 is 0. The monoisotopic (exact) mass is 317 g/mol. The molecule has 1 aliphatic carbocycles. The van der Waals surface area contributed by atoms with Crippen LogP contribution in [0.4, 0.5) is 5.95 Å². The summed E-state index contributed by atoms with van der Waals surface area (Å²) in [4.78, 5) is 13.5. The van der Waals surface area contributed by atoms with Gasteiger partial charge in [-0.1, -0.05) is 20.3 Å². The third kappa shape index (κ3) is 4.88. The molecule has 1 atom stereocenters. The molecule has 2 aliphatic rings. The minimum Gasteiger partial charge on any atom is -0.338 e. The third-order valence-corrected chi connectivity index (χ3v) is 5.27. The highest BCUT2D eigenvalue weighted by atomic mass is 15.3. The molecule has 0 spiro atoms. The zero-order chi connectivity index (χ0) is 16.1. The van der Waals surface area contributed by atoms with Gasteiger partial charge in [0.2, 0.25) is 5.95 Å². The van der Waals surface area contributed by atoms with Crippen molar-refractivity contribution in [2.45, 2.75) is 45.6 Å². The lowest BCUT2D eigenvalue weighted by Gasteiger charge is -2.37. The minimum atomic E-state index is 0.525. The summed E-state index contributed by atoms with van der Waals surface area (Å²) in [5.74, 6) is 0.870. The molecule has 1 aliphatic heterocycles. The van der Waals surface area contributed by atoms with Crippen molar-refractivity contribution < 1.29 is 0 Å². The molecule has 1 aromatic rings. The maximum absolute atomic E-state index is 4.35. The maximum Gasteiger partial charge on any atom is 0.225 e. The number of hydrogen-bond acceptors (Lipinski definition) is 5. The summed E-state index contributed by atoms with van der Waals surface area (Å²) in [5.41, 5.74) is 0.525. The smallest absolute Gasteiger partial charge is 0.225 e. The van der Waals surface area contributed by atoms with E-state index in [4.69, 9.17) is 0 Å². The fourth-order valence-electron chi connectivity index (χ4n) is 3.93. The van der Waals surface area contributed by atoms with Crippen LogP contribution >= 0.6 is 0 Å². The van der Waals surface area contributed by atoms with Crippen LogP contribution in [0, 0.1) is 5.41 Å². The number of nitrogens with one attached hydrogen (secondary N) is 1. The summed E-state index contributed by atoms with van der Waals surface area (Å²) in [7, 11) is 0. The Labute approximate surface area is 140 Å². The van der Waals surface area contributed by atoms with Crippen LogP contribution in [0.3, 0.4) is 0 Å². The topological polar surface area (TPSA) is 44.3 Å². The Balaban J connectivity index is 1.35. The van der Waals surface area contributed by atoms with Crippen molar-refractivity contribution in [2.75, 3.05) is 44.2 Å². The largest absolute Gasteiger partial charge is 0.338 e. The number of aromatic nitrogens is 2. The van der Waals surface area contributed by atoms with Crippen LogP contribution in [0.5, 0.6) is 0 Å². The van der Waals surface area contributed by atoms with Gasteiger partial charge in [0, 0.05) is 57.7 Å². The second-order valence-corrected chi connectivity index (χ2v) is 7.79. The van der Waals surface area contributed by atoms with Crippen molar-refractivity contribution in [1.29, 1.82) is 0 Å². The van der Waals surface area contributed by atoms with Gasteiger partial charge in [-0.05, 0) is 30.7 Å². The van der Waals surface area contributed by atoms with Crippen LogP contribution in [0.1, 0.15) is 39.5 Å². The Hall–Kier alpha value is -1.20. The van der Waals surface area contributed by atoms with E-state index in [9.17, 15) is 0 Å². The van der Waals surface area contributed by atoms with E-state index in [0.717, 1.165) is 51.3 Å². The molecule has 5 heteroatoms. The first kappa shape index (κ1) is 16.7. The SMILES string of the molecule is CC1(C)CCC[C@@H](NCCN2CCN(c3ncccn3)CC2)C1. The normalized spacial score (nSPS) is 25.5. The molecule has 1 saturated heterocycles. The van der Waals surface area contributed by atoms with Gasteiger partial charge in [0.15, 0.2) is 0 Å². The lowest BCUT2D eigenvalue weighted by Crippen LogP contribution is -2.49. The maximum atomic E-state index is 4.35. The molecule has 1 aromatic heterocycles. The van der Waals surface area contributed by atoms with E-state index in [2.05, 4.69) is 38.9 Å². The summed E-state index contributed by atoms with van der Waals surface area (Å²) in [6.07, 6.45) is 9.08. The van der Waals surface area contributed by atoms with Gasteiger partial charge >= 0.3 is 0 Å². The first-order valence-corrected chi connectivity index (χ1v) is 9.10. The zero-order valence-corrected chi connectivity index (χ0v) is 14.7. The molecule has 1 saturated carbocycles. The minimum absolute atomic E-state index is 0.525. The van der Waals surface area contributed by atoms with Crippen LogP contribution in [-0.2, 0) is 0 Å². The van der Waals surface area contributed by atoms with Gasteiger partial charge < -0.3 is 10.2 Å². The van der Waals surface area contributed by atoms with Crippen LogP contribution < -0.4 is 10.2 Å². The molecule has 1 N–H and O–H groups in total. The molecule has 0 radical (unpaired) electrons. The molecule has 0 amide bonds. The van der Waals surface area contributed by atoms with Gasteiger partial charge in [0.1, 0.15) is 0 Å². The fourth-order valence-corrected chi connectivity index (χ4v) is 3.93. The molecule has 128 valence electrons. The van der Waals surface area contributed by atoms with Crippen molar-refractivity contribution >= 4 is 5.95 Å². The highest BCUT2D eigenvalue weighted by Crippen LogP contribution is 2.34. The lowest BCUT2D eigenvalue weighted by molar-refractivity contribution is 0.189. The van der Waals surface area contributed by atoms with E-state index in [0.29, 0.717) is 5.41 Å². The third-order valence-electron chi connectivity index (χ3n) is 5.27. The number of rotatable bonds is 5. The quantitative estimate of drug-likeness (QED) is 0.901. The summed E-state index contributed by atoms with van der Waals surface area (Å²) >= 11 is 0. The van der Waals surface area contributed by atoms with Crippen LogP contribution in [-0.4, -0.2) is 60.2 Å². The van der Waals surface area contributed by atoms with Crippen molar-refractivity contribution in [3.63, 3.8) is 0 Å². The highest BCUT2D eigenvalue weighted by Gasteiger charge is 2.27. The Kier molecular flexibility index (Phi) is 5.49. The van der Waals surface area contributed by atoms with E-state index in [1.54, 1.807) is 0 Å². The first-order chi connectivity index (χ1) is 11.1. The first-order valence-electron chi connectivity index (χ1n) is 9.10. The van der Waals surface area contributed by atoms with Crippen molar-refractivity contribution in [3.05, 3.63) is 18.5 Å². The van der Waals surface area contributed by atoms with E-state index in [1.807, 2.05) is 18.5 Å². The molecule has 5 nitrogen and oxygen atoms in total. The van der Waals surface area contributed by atoms with Gasteiger partial charge in [0.05, 0.1) is 0 Å². The average Bonchev–Trinajstić information content (AvgIpc) is 2.55. The van der Waals surface area contributed by atoms with Crippen LogP contribution in [0.25, 0.3) is 0 Å². The van der Waals surface area contributed by atoms with Crippen molar-refractivity contribution in [2.24, 2.45) is 5.41 Å². The molecule has 2 fully saturated rings. The van der Waals surface area contributed by atoms with Gasteiger partial charge in [-0.3, -0.25) is 4.90 Å². The standard InChI is InChI=1S/C18H31N5/c1-18(2)6-3-5-16(15-18)19-9-10-22-11-13-23(14-12-22)17-20-7-4-8-21-17/h4,7-8,16,19H,3,5-6,9-15H2,1-2H3/t16-/m1/s1. The van der Waals surface area contributed by atoms with Gasteiger partial charge in [0.25, 0.3) is 0 Å². The predicted octanol–water partition coefficient (Wildman–Crippen LogP) is 2.16. The molecule has 0 unspecified atom stereocenters. The van der Waals surface area contributed by atoms with Crippen LogP contribution in [0.2, 0.25) is 0 Å². The van der Waals surface area contributed by atoms with Crippen molar-refractivity contribution in [3.8, 4) is 0 Å². The Morgan fingerprint density at radius 3 is 2.61 bits per heavy atom. The average molecular weight is 317 g/mol. The predicted molar refractivity (Wildman–Crippen MR) is 94.7 cm³/mol. The Morgan fingerprint density at radius 2 is 1.91 bits per heavy atom. The number of anilines is 1. The van der Waals surface area contributed by atoms with Gasteiger partial charge in [-0.15, -0.1) is 0 Å². The molecule has 3 rings (SSSR count). The number of piperazine rings is 1. The Morgan fingerprint density at radius 1 is 1.17 bits per heavy atom. The van der Waals surface area contributed by atoms with E-state index in [1.165, 1.54) is 25.7 Å².